The van der Waals surface area contributed by atoms with E-state index in [2.05, 4.69) is 0 Å². The van der Waals surface area contributed by atoms with Crippen molar-refractivity contribution < 1.29 is 38.0 Å². The third-order valence-corrected chi connectivity index (χ3v) is 5.40. The molecule has 0 aromatic heterocycles. The number of benzene rings is 2. The van der Waals surface area contributed by atoms with E-state index in [-0.39, 0.29) is 33.0 Å². The van der Waals surface area contributed by atoms with Crippen molar-refractivity contribution in [2.75, 3.05) is 62.0 Å². The van der Waals surface area contributed by atoms with Crippen LogP contribution in [-0.4, -0.2) is 86.4 Å². The fourth-order valence-corrected chi connectivity index (χ4v) is 3.76. The summed E-state index contributed by atoms with van der Waals surface area (Å²) >= 11 is 0. The first-order chi connectivity index (χ1) is 15.1. The summed E-state index contributed by atoms with van der Waals surface area (Å²) in [5, 5.41) is 0.736. The van der Waals surface area contributed by atoms with Gasteiger partial charge in [0.05, 0.1) is 34.5 Å². The molecule has 2 aromatic rings. The molecule has 0 aliphatic heterocycles. The summed E-state index contributed by atoms with van der Waals surface area (Å²) < 4.78 is 37.7. The van der Waals surface area contributed by atoms with Crippen LogP contribution in [0.15, 0.2) is 30.3 Å². The van der Waals surface area contributed by atoms with E-state index in [1.54, 1.807) is 38.5 Å². The second-order valence-corrected chi connectivity index (χ2v) is 7.44. The molecule has 8 nitrogen and oxygen atoms in total. The van der Waals surface area contributed by atoms with Crippen LogP contribution in [0.3, 0.4) is 0 Å². The van der Waals surface area contributed by atoms with Crippen LogP contribution in [0.25, 0.3) is 0 Å². The quantitative estimate of drug-likeness (QED) is 0.241. The molecule has 0 heterocycles. The van der Waals surface area contributed by atoms with Gasteiger partial charge >= 0.3 is 18.9 Å². The van der Waals surface area contributed by atoms with Crippen LogP contribution in [0, 0.1) is 0 Å². The molecular weight excluding hydrogens is 430 g/mol. The summed E-state index contributed by atoms with van der Waals surface area (Å²) in [4.78, 5) is 13.2. The van der Waals surface area contributed by atoms with Crippen molar-refractivity contribution in [2.24, 2.45) is 0 Å². The number of methoxy groups -OCH3 is 5. The molecule has 32 heavy (non-hydrogen) atoms. The van der Waals surface area contributed by atoms with Gasteiger partial charge in [0, 0.05) is 37.7 Å². The van der Waals surface area contributed by atoms with Crippen LogP contribution in [0.4, 0.5) is 0 Å². The fraction of sp³-hybridized carbons (Fsp3) is 0.409. The maximum atomic E-state index is 13.2. The standard InChI is InChI=1S/C22H29O8P.Li.H/c1-24-8-10-29-15-6-7-20(17(12-15)30-11-9-25-2)31-22(23)21-18(27-4)13-16(26-3)14-19(21)28-5;;/h6-7,12-14,31H,8-11H2,1-5H3;;. The SMILES string of the molecule is COCCOc1ccc(PC(=O)c2c(OC)cc(OC)cc2OC)c(OCCOC)c1.[LiH]. The predicted molar refractivity (Wildman–Crippen MR) is 127 cm³/mol. The molecular formula is C22H30LiO8P. The van der Waals surface area contributed by atoms with Gasteiger partial charge in [-0.2, -0.15) is 0 Å². The van der Waals surface area contributed by atoms with Crippen LogP contribution in [0.1, 0.15) is 10.4 Å². The van der Waals surface area contributed by atoms with Crippen molar-refractivity contribution in [3.05, 3.63) is 35.9 Å². The van der Waals surface area contributed by atoms with E-state index in [0.29, 0.717) is 60.7 Å². The topological polar surface area (TPSA) is 81.7 Å². The summed E-state index contributed by atoms with van der Waals surface area (Å²) in [5.74, 6) is 2.50. The summed E-state index contributed by atoms with van der Waals surface area (Å²) in [5.41, 5.74) is 0.202. The second-order valence-electron chi connectivity index (χ2n) is 6.20. The molecule has 0 aliphatic rings. The van der Waals surface area contributed by atoms with Crippen molar-refractivity contribution in [3.63, 3.8) is 0 Å². The number of hydrogen-bond donors (Lipinski definition) is 0. The van der Waals surface area contributed by atoms with E-state index in [4.69, 9.17) is 33.2 Å². The van der Waals surface area contributed by atoms with E-state index in [0.717, 1.165) is 5.30 Å². The molecule has 2 rings (SSSR count). The third kappa shape index (κ3) is 7.88. The van der Waals surface area contributed by atoms with Crippen molar-refractivity contribution in [3.8, 4) is 28.7 Å². The first kappa shape index (κ1) is 28.1. The Bertz CT molecular complexity index is 837. The molecule has 0 N–H and O–H groups in total. The minimum absolute atomic E-state index is 0. The molecule has 1 unspecified atom stereocenters. The first-order valence-electron chi connectivity index (χ1n) is 9.56. The molecule has 0 saturated carbocycles. The van der Waals surface area contributed by atoms with E-state index < -0.39 is 0 Å². The minimum atomic E-state index is -0.224. The zero-order valence-electron chi connectivity index (χ0n) is 18.5. The molecule has 0 fully saturated rings. The third-order valence-electron chi connectivity index (χ3n) is 4.24. The Morgan fingerprint density at radius 1 is 0.719 bits per heavy atom. The van der Waals surface area contributed by atoms with Gasteiger partial charge < -0.3 is 33.2 Å². The van der Waals surface area contributed by atoms with E-state index >= 15 is 0 Å². The molecule has 1 atom stereocenters. The van der Waals surface area contributed by atoms with Gasteiger partial charge in [-0.15, -0.1) is 0 Å². The average Bonchev–Trinajstić information content (AvgIpc) is 2.79. The van der Waals surface area contributed by atoms with Gasteiger partial charge in [-0.25, -0.2) is 0 Å². The summed E-state index contributed by atoms with van der Waals surface area (Å²) in [6, 6.07) is 8.70. The number of hydrogen-bond acceptors (Lipinski definition) is 8. The number of rotatable bonds is 14. The van der Waals surface area contributed by atoms with Crippen molar-refractivity contribution in [2.45, 2.75) is 0 Å². The summed E-state index contributed by atoms with van der Waals surface area (Å²) in [6.45, 7) is 1.65. The first-order valence-corrected chi connectivity index (χ1v) is 10.6. The molecule has 10 heteroatoms. The molecule has 172 valence electrons. The normalized spacial score (nSPS) is 10.5. The van der Waals surface area contributed by atoms with Gasteiger partial charge in [-0.3, -0.25) is 4.79 Å². The van der Waals surface area contributed by atoms with Crippen LogP contribution < -0.4 is 29.0 Å². The molecule has 0 saturated heterocycles. The number of carbonyl (C=O) groups is 1. The Morgan fingerprint density at radius 3 is 1.81 bits per heavy atom. The summed E-state index contributed by atoms with van der Waals surface area (Å²) in [7, 11) is 7.52. The maximum absolute atomic E-state index is 13.2. The Hall–Kier alpha value is -1.94. The van der Waals surface area contributed by atoms with E-state index in [1.807, 2.05) is 6.07 Å². The van der Waals surface area contributed by atoms with Crippen LogP contribution in [-0.2, 0) is 9.47 Å². The van der Waals surface area contributed by atoms with Gasteiger partial charge in [0.15, 0.2) is 5.52 Å². The Balaban J connectivity index is 0.00000512. The number of carbonyl (C=O) groups excluding carboxylic acids is 1. The van der Waals surface area contributed by atoms with Crippen LogP contribution in [0.5, 0.6) is 28.7 Å². The molecule has 0 bridgehead atoms. The Morgan fingerprint density at radius 2 is 1.28 bits per heavy atom. The predicted octanol–water partition coefficient (Wildman–Crippen LogP) is 2.26. The van der Waals surface area contributed by atoms with Gasteiger partial charge in [-0.1, -0.05) is 0 Å². The van der Waals surface area contributed by atoms with E-state index in [1.165, 1.54) is 21.3 Å². The van der Waals surface area contributed by atoms with Gasteiger partial charge in [-0.05, 0) is 20.7 Å². The Labute approximate surface area is 202 Å². The van der Waals surface area contributed by atoms with Crippen LogP contribution in [0.2, 0.25) is 0 Å². The molecule has 0 amide bonds. The molecule has 0 spiro atoms. The zero-order valence-corrected chi connectivity index (χ0v) is 19.5. The number of ether oxygens (including phenoxy) is 7. The summed E-state index contributed by atoms with van der Waals surface area (Å²) in [6.07, 6.45) is 0. The van der Waals surface area contributed by atoms with Crippen molar-refractivity contribution in [1.82, 2.24) is 0 Å². The van der Waals surface area contributed by atoms with Gasteiger partial charge in [0.25, 0.3) is 0 Å². The van der Waals surface area contributed by atoms with Crippen LogP contribution >= 0.6 is 8.58 Å². The molecule has 0 radical (unpaired) electrons. The molecule has 2 aromatic carbocycles. The fourth-order valence-electron chi connectivity index (χ4n) is 2.71. The van der Waals surface area contributed by atoms with E-state index in [9.17, 15) is 4.79 Å². The average molecular weight is 460 g/mol. The van der Waals surface area contributed by atoms with Gasteiger partial charge in [0.1, 0.15) is 47.5 Å². The zero-order chi connectivity index (χ0) is 22.6. The second kappa shape index (κ2) is 15.0. The van der Waals surface area contributed by atoms with Gasteiger partial charge in [0.2, 0.25) is 0 Å². The Kier molecular flexibility index (Phi) is 13.2. The van der Waals surface area contributed by atoms with Crippen molar-refractivity contribution in [1.29, 1.82) is 0 Å². The van der Waals surface area contributed by atoms with Crippen molar-refractivity contribution >= 4 is 38.3 Å². The monoisotopic (exact) mass is 460 g/mol. The molecule has 0 aliphatic carbocycles.